The lowest BCUT2D eigenvalue weighted by Crippen LogP contribution is -2.52. The molecular weight excluding hydrogens is 292 g/mol. The first-order valence-electron chi connectivity index (χ1n) is 9.37. The molecule has 130 valence electrons. The summed E-state index contributed by atoms with van der Waals surface area (Å²) in [5.74, 6) is 3.37. The molecular formula is C18H30N2O3. The molecule has 0 radical (unpaired) electrons. The van der Waals surface area contributed by atoms with Crippen molar-refractivity contribution in [1.82, 2.24) is 10.2 Å². The third-order valence-electron chi connectivity index (χ3n) is 7.04. The van der Waals surface area contributed by atoms with Crippen molar-refractivity contribution in [2.75, 3.05) is 26.8 Å². The molecule has 2 N–H and O–H groups in total. The number of nitrogens with one attached hydrogen (secondary N) is 1. The molecule has 2 amide bonds. The number of aliphatic hydroxyl groups is 1. The Balaban J connectivity index is 1.31. The van der Waals surface area contributed by atoms with Gasteiger partial charge in [0.05, 0.1) is 12.1 Å². The van der Waals surface area contributed by atoms with Crippen LogP contribution in [0.3, 0.4) is 0 Å². The summed E-state index contributed by atoms with van der Waals surface area (Å²) >= 11 is 0. The van der Waals surface area contributed by atoms with Gasteiger partial charge in [0.25, 0.3) is 0 Å². The molecule has 4 aliphatic rings. The molecule has 3 aliphatic carbocycles. The third kappa shape index (κ3) is 2.86. The first-order chi connectivity index (χ1) is 11.1. The van der Waals surface area contributed by atoms with Crippen LogP contribution in [-0.2, 0) is 4.74 Å². The number of hydrogen-bond donors (Lipinski definition) is 2. The first-order valence-corrected chi connectivity index (χ1v) is 9.37. The number of likely N-dealkylation sites (N-methyl/N-ethyl adjacent to an activating group) is 1. The van der Waals surface area contributed by atoms with Gasteiger partial charge in [-0.25, -0.2) is 4.79 Å². The van der Waals surface area contributed by atoms with Crippen LogP contribution in [-0.4, -0.2) is 54.5 Å². The molecule has 1 aliphatic heterocycles. The number of carbonyl (C=O) groups excluding carboxylic acids is 1. The number of rotatable bonds is 3. The van der Waals surface area contributed by atoms with E-state index in [1.165, 1.54) is 32.1 Å². The fraction of sp³-hybridized carbons (Fsp3) is 0.944. The largest absolute Gasteiger partial charge is 0.388 e. The van der Waals surface area contributed by atoms with E-state index in [0.29, 0.717) is 44.6 Å². The molecule has 4 rings (SSSR count). The van der Waals surface area contributed by atoms with E-state index < -0.39 is 5.60 Å². The van der Waals surface area contributed by atoms with Crippen molar-refractivity contribution >= 4 is 6.03 Å². The van der Waals surface area contributed by atoms with E-state index in [0.717, 1.165) is 17.8 Å². The topological polar surface area (TPSA) is 61.8 Å². The number of amides is 2. The molecule has 5 heteroatoms. The van der Waals surface area contributed by atoms with Crippen molar-refractivity contribution < 1.29 is 14.6 Å². The SMILES string of the molecule is CN(CC1(O)CCOCC1)C(=O)N[C@@H]1C[C@H]2C[C@H]1[C@H]1CCC[C@@H]21. The Kier molecular flexibility index (Phi) is 4.04. The van der Waals surface area contributed by atoms with Crippen LogP contribution in [0.1, 0.15) is 44.9 Å². The van der Waals surface area contributed by atoms with Crippen molar-refractivity contribution in [3.8, 4) is 0 Å². The van der Waals surface area contributed by atoms with Crippen molar-refractivity contribution in [2.24, 2.45) is 23.7 Å². The van der Waals surface area contributed by atoms with Crippen LogP contribution in [0.5, 0.6) is 0 Å². The highest BCUT2D eigenvalue weighted by molar-refractivity contribution is 5.74. The second-order valence-electron chi connectivity index (χ2n) is 8.40. The van der Waals surface area contributed by atoms with Crippen molar-refractivity contribution in [2.45, 2.75) is 56.6 Å². The number of carbonyl (C=O) groups is 1. The lowest BCUT2D eigenvalue weighted by Gasteiger charge is -2.37. The first kappa shape index (κ1) is 15.7. The second-order valence-corrected chi connectivity index (χ2v) is 8.40. The summed E-state index contributed by atoms with van der Waals surface area (Å²) in [6.45, 7) is 1.57. The van der Waals surface area contributed by atoms with Crippen LogP contribution in [0, 0.1) is 23.7 Å². The van der Waals surface area contributed by atoms with Gasteiger partial charge in [-0.15, -0.1) is 0 Å². The van der Waals surface area contributed by atoms with E-state index in [1.807, 2.05) is 0 Å². The highest BCUT2D eigenvalue weighted by atomic mass is 16.5. The summed E-state index contributed by atoms with van der Waals surface area (Å²) in [5.41, 5.74) is -0.782. The summed E-state index contributed by atoms with van der Waals surface area (Å²) in [4.78, 5) is 14.2. The number of hydrogen-bond acceptors (Lipinski definition) is 3. The maximum atomic E-state index is 12.6. The minimum Gasteiger partial charge on any atom is -0.388 e. The standard InChI is InChI=1S/C18H30N2O3/c1-20(11-18(22)5-7-23-8-6-18)17(21)19-16-10-12-9-15(16)14-4-2-3-13(12)14/h12-16,22H,2-11H2,1H3,(H,19,21)/t12-,13+,14+,15+,16-/m1/s1. The van der Waals surface area contributed by atoms with Crippen LogP contribution in [0.25, 0.3) is 0 Å². The maximum absolute atomic E-state index is 12.6. The Morgan fingerprint density at radius 1 is 1.22 bits per heavy atom. The summed E-state index contributed by atoms with van der Waals surface area (Å²) in [6, 6.07) is 0.343. The Labute approximate surface area is 138 Å². The van der Waals surface area contributed by atoms with Gasteiger partial charge in [-0.05, 0) is 49.4 Å². The predicted octanol–water partition coefficient (Wildman–Crippen LogP) is 1.99. The van der Waals surface area contributed by atoms with Gasteiger partial charge >= 0.3 is 6.03 Å². The summed E-state index contributed by atoms with van der Waals surface area (Å²) < 4.78 is 5.31. The Morgan fingerprint density at radius 3 is 2.74 bits per heavy atom. The molecule has 0 aromatic heterocycles. The lowest BCUT2D eigenvalue weighted by molar-refractivity contribution is -0.0723. The lowest BCUT2D eigenvalue weighted by atomic mass is 9.79. The van der Waals surface area contributed by atoms with Crippen LogP contribution < -0.4 is 5.32 Å². The van der Waals surface area contributed by atoms with Gasteiger partial charge in [0, 0.05) is 39.1 Å². The normalized spacial score (nSPS) is 40.9. The zero-order chi connectivity index (χ0) is 16.0. The van der Waals surface area contributed by atoms with E-state index in [1.54, 1.807) is 11.9 Å². The van der Waals surface area contributed by atoms with Gasteiger partial charge in [-0.3, -0.25) is 0 Å². The monoisotopic (exact) mass is 322 g/mol. The maximum Gasteiger partial charge on any atom is 0.317 e. The number of fused-ring (bicyclic) bond motifs is 5. The molecule has 5 nitrogen and oxygen atoms in total. The van der Waals surface area contributed by atoms with Crippen LogP contribution in [0.2, 0.25) is 0 Å². The van der Waals surface area contributed by atoms with Gasteiger partial charge in [-0.2, -0.15) is 0 Å². The highest BCUT2D eigenvalue weighted by Crippen LogP contribution is 2.58. The number of urea groups is 1. The van der Waals surface area contributed by atoms with Crippen LogP contribution in [0.15, 0.2) is 0 Å². The van der Waals surface area contributed by atoms with Crippen molar-refractivity contribution in [1.29, 1.82) is 0 Å². The summed E-state index contributed by atoms with van der Waals surface area (Å²) in [7, 11) is 1.80. The molecule has 4 fully saturated rings. The van der Waals surface area contributed by atoms with E-state index in [4.69, 9.17) is 4.74 Å². The van der Waals surface area contributed by atoms with E-state index in [9.17, 15) is 9.90 Å². The predicted molar refractivity (Wildman–Crippen MR) is 87.0 cm³/mol. The molecule has 1 saturated heterocycles. The minimum absolute atomic E-state index is 0.0167. The van der Waals surface area contributed by atoms with E-state index in [-0.39, 0.29) is 6.03 Å². The van der Waals surface area contributed by atoms with Gasteiger partial charge in [0.2, 0.25) is 0 Å². The molecule has 0 aromatic carbocycles. The van der Waals surface area contributed by atoms with Crippen molar-refractivity contribution in [3.63, 3.8) is 0 Å². The molecule has 5 atom stereocenters. The second kappa shape index (κ2) is 5.92. The van der Waals surface area contributed by atoms with E-state index >= 15 is 0 Å². The highest BCUT2D eigenvalue weighted by Gasteiger charge is 2.54. The average Bonchev–Trinajstić information content (AvgIpc) is 3.19. The molecule has 0 aromatic rings. The quantitative estimate of drug-likeness (QED) is 0.835. The van der Waals surface area contributed by atoms with Crippen molar-refractivity contribution in [3.05, 3.63) is 0 Å². The molecule has 2 bridgehead atoms. The summed E-state index contributed by atoms with van der Waals surface area (Å²) in [5, 5.41) is 13.9. The third-order valence-corrected chi connectivity index (χ3v) is 7.04. The van der Waals surface area contributed by atoms with E-state index in [2.05, 4.69) is 5.32 Å². The Hall–Kier alpha value is -0.810. The van der Waals surface area contributed by atoms with Gasteiger partial charge in [-0.1, -0.05) is 6.42 Å². The number of ether oxygens (including phenoxy) is 1. The Bertz CT molecular complexity index is 463. The van der Waals surface area contributed by atoms with Gasteiger partial charge < -0.3 is 20.1 Å². The molecule has 0 unspecified atom stereocenters. The van der Waals surface area contributed by atoms with Gasteiger partial charge in [0.15, 0.2) is 0 Å². The van der Waals surface area contributed by atoms with Gasteiger partial charge in [0.1, 0.15) is 0 Å². The molecule has 3 saturated carbocycles. The fourth-order valence-electron chi connectivity index (χ4n) is 5.93. The smallest absolute Gasteiger partial charge is 0.317 e. The summed E-state index contributed by atoms with van der Waals surface area (Å²) in [6.07, 6.45) is 7.90. The van der Waals surface area contributed by atoms with Crippen LogP contribution in [0.4, 0.5) is 4.79 Å². The van der Waals surface area contributed by atoms with Crippen LogP contribution >= 0.6 is 0 Å². The minimum atomic E-state index is -0.782. The Morgan fingerprint density at radius 2 is 1.96 bits per heavy atom. The zero-order valence-corrected chi connectivity index (χ0v) is 14.2. The molecule has 1 heterocycles. The molecule has 23 heavy (non-hydrogen) atoms. The average molecular weight is 322 g/mol. The number of nitrogens with zero attached hydrogens (tertiary/aromatic N) is 1. The fourth-order valence-corrected chi connectivity index (χ4v) is 5.93. The molecule has 0 spiro atoms. The zero-order valence-electron chi connectivity index (χ0n) is 14.2.